The number of aryl methyl sites for hydroxylation is 1. The van der Waals surface area contributed by atoms with E-state index in [-0.39, 0.29) is 39.0 Å². The molecule has 132 valence electrons. The second kappa shape index (κ2) is 6.93. The molecule has 2 aromatic carbocycles. The maximum absolute atomic E-state index is 14.2. The molecule has 0 fully saturated rings. The number of aromatic nitrogens is 1. The molecule has 0 aliphatic rings. The fraction of sp³-hybridized carbons (Fsp3) is 0.0588. The molecule has 3 rings (SSSR count). The van der Waals surface area contributed by atoms with E-state index in [0.717, 1.165) is 0 Å². The second-order valence-corrected chi connectivity index (χ2v) is 5.73. The van der Waals surface area contributed by atoms with E-state index in [1.54, 1.807) is 0 Å². The maximum atomic E-state index is 14.2. The summed E-state index contributed by atoms with van der Waals surface area (Å²) < 4.78 is 19.2. The summed E-state index contributed by atoms with van der Waals surface area (Å²) >= 11 is 6.04. The van der Waals surface area contributed by atoms with Gasteiger partial charge in [-0.05, 0) is 25.1 Å². The second-order valence-electron chi connectivity index (χ2n) is 5.32. The maximum Gasteiger partial charge on any atom is 0.271 e. The van der Waals surface area contributed by atoms with E-state index in [1.807, 2.05) is 0 Å². The normalized spacial score (nSPS) is 10.6. The lowest BCUT2D eigenvalue weighted by atomic mass is 10.0. The number of nitro groups is 1. The Morgan fingerprint density at radius 2 is 2.04 bits per heavy atom. The van der Waals surface area contributed by atoms with Gasteiger partial charge in [0.15, 0.2) is 0 Å². The topological polar surface area (TPSA) is 98.3 Å². The van der Waals surface area contributed by atoms with Crippen molar-refractivity contribution in [2.45, 2.75) is 6.92 Å². The quantitative estimate of drug-likeness (QED) is 0.530. The highest BCUT2D eigenvalue weighted by Gasteiger charge is 2.25. The summed E-state index contributed by atoms with van der Waals surface area (Å²) in [7, 11) is 0. The van der Waals surface area contributed by atoms with Crippen LogP contribution in [0.4, 0.5) is 15.8 Å². The minimum atomic E-state index is -0.657. The summed E-state index contributed by atoms with van der Waals surface area (Å²) in [5.41, 5.74) is -0.0927. The molecule has 0 spiro atoms. The Hall–Kier alpha value is -3.26. The number of nitro benzene ring substituents is 1. The Bertz CT molecular complexity index is 999. The largest absolute Gasteiger partial charge is 0.360 e. The van der Waals surface area contributed by atoms with Gasteiger partial charge >= 0.3 is 0 Å². The molecule has 0 bridgehead atoms. The number of halogens is 2. The third-order valence-electron chi connectivity index (χ3n) is 3.60. The molecule has 0 aliphatic carbocycles. The summed E-state index contributed by atoms with van der Waals surface area (Å²) in [5.74, 6) is -1.16. The first-order valence-electron chi connectivity index (χ1n) is 7.35. The number of nitrogens with one attached hydrogen (secondary N) is 1. The van der Waals surface area contributed by atoms with Gasteiger partial charge in [0.25, 0.3) is 11.6 Å². The van der Waals surface area contributed by atoms with Crippen molar-refractivity contribution in [3.05, 3.63) is 74.7 Å². The fourth-order valence-corrected chi connectivity index (χ4v) is 2.68. The summed E-state index contributed by atoms with van der Waals surface area (Å²) in [4.78, 5) is 22.9. The zero-order valence-electron chi connectivity index (χ0n) is 13.3. The Labute approximate surface area is 151 Å². The average molecular weight is 376 g/mol. The van der Waals surface area contributed by atoms with Gasteiger partial charge in [-0.3, -0.25) is 14.9 Å². The molecule has 0 unspecified atom stereocenters. The van der Waals surface area contributed by atoms with Crippen molar-refractivity contribution in [2.75, 3.05) is 5.32 Å². The van der Waals surface area contributed by atoms with Gasteiger partial charge in [-0.15, -0.1) is 0 Å². The zero-order valence-corrected chi connectivity index (χ0v) is 14.1. The number of carbonyl (C=O) groups is 1. The van der Waals surface area contributed by atoms with E-state index in [9.17, 15) is 19.3 Å². The van der Waals surface area contributed by atoms with E-state index in [0.29, 0.717) is 0 Å². The molecule has 1 amide bonds. The SMILES string of the molecule is Cc1onc(-c2c(F)cccc2Cl)c1C(=O)Nc1cccc([N+](=O)[O-])c1. The van der Waals surface area contributed by atoms with Gasteiger partial charge in [0.05, 0.1) is 15.5 Å². The number of benzene rings is 2. The summed E-state index contributed by atoms with van der Waals surface area (Å²) in [6.45, 7) is 1.49. The van der Waals surface area contributed by atoms with Gasteiger partial charge in [-0.2, -0.15) is 0 Å². The number of carbonyl (C=O) groups excluding carboxylic acids is 1. The minimum absolute atomic E-state index is 0.0106. The number of non-ortho nitro benzene ring substituents is 1. The van der Waals surface area contributed by atoms with Crippen molar-refractivity contribution >= 4 is 28.9 Å². The number of nitrogens with zero attached hydrogens (tertiary/aromatic N) is 2. The van der Waals surface area contributed by atoms with E-state index >= 15 is 0 Å². The van der Waals surface area contributed by atoms with E-state index in [4.69, 9.17) is 16.1 Å². The van der Waals surface area contributed by atoms with Crippen LogP contribution in [0.3, 0.4) is 0 Å². The van der Waals surface area contributed by atoms with Crippen LogP contribution in [0.5, 0.6) is 0 Å². The van der Waals surface area contributed by atoms with Crippen molar-refractivity contribution in [3.63, 3.8) is 0 Å². The van der Waals surface area contributed by atoms with Crippen molar-refractivity contribution in [3.8, 4) is 11.3 Å². The molecule has 7 nitrogen and oxygen atoms in total. The van der Waals surface area contributed by atoms with Crippen LogP contribution in [0.1, 0.15) is 16.1 Å². The Morgan fingerprint density at radius 1 is 1.31 bits per heavy atom. The first-order valence-corrected chi connectivity index (χ1v) is 7.72. The van der Waals surface area contributed by atoms with Crippen LogP contribution in [-0.2, 0) is 0 Å². The molecule has 0 atom stereocenters. The molecule has 0 aliphatic heterocycles. The molecule has 26 heavy (non-hydrogen) atoms. The van der Waals surface area contributed by atoms with Crippen molar-refractivity contribution in [1.82, 2.24) is 5.16 Å². The lowest BCUT2D eigenvalue weighted by Crippen LogP contribution is -2.14. The summed E-state index contributed by atoms with van der Waals surface area (Å²) in [6, 6.07) is 9.50. The molecule has 9 heteroatoms. The lowest BCUT2D eigenvalue weighted by molar-refractivity contribution is -0.384. The number of hydrogen-bond donors (Lipinski definition) is 1. The average Bonchev–Trinajstić information content (AvgIpc) is 2.96. The molecule has 0 saturated heterocycles. The van der Waals surface area contributed by atoms with E-state index < -0.39 is 16.6 Å². The van der Waals surface area contributed by atoms with Crippen LogP contribution in [0, 0.1) is 22.9 Å². The van der Waals surface area contributed by atoms with Crippen LogP contribution >= 0.6 is 11.6 Å². The smallest absolute Gasteiger partial charge is 0.271 e. The van der Waals surface area contributed by atoms with E-state index in [1.165, 1.54) is 49.4 Å². The zero-order chi connectivity index (χ0) is 18.8. The molecular weight excluding hydrogens is 365 g/mol. The lowest BCUT2D eigenvalue weighted by Gasteiger charge is -2.07. The van der Waals surface area contributed by atoms with Gasteiger partial charge in [0, 0.05) is 17.8 Å². The predicted octanol–water partition coefficient (Wildman–Crippen LogP) is 4.60. The number of hydrogen-bond acceptors (Lipinski definition) is 5. The molecule has 1 N–H and O–H groups in total. The Kier molecular flexibility index (Phi) is 4.68. The first kappa shape index (κ1) is 17.6. The number of rotatable bonds is 4. The standard InChI is InChI=1S/C17H11ClFN3O4/c1-9-14(16(21-26-9)15-12(18)6-3-7-13(15)19)17(23)20-10-4-2-5-11(8-10)22(24)25/h2-8H,1H3,(H,20,23). The van der Waals surface area contributed by atoms with Gasteiger partial charge in [0.1, 0.15) is 22.8 Å². The van der Waals surface area contributed by atoms with Gasteiger partial charge in [-0.25, -0.2) is 4.39 Å². The van der Waals surface area contributed by atoms with Crippen LogP contribution in [0.15, 0.2) is 47.0 Å². The van der Waals surface area contributed by atoms with Crippen LogP contribution < -0.4 is 5.32 Å². The highest BCUT2D eigenvalue weighted by atomic mass is 35.5. The fourth-order valence-electron chi connectivity index (χ4n) is 2.43. The highest BCUT2D eigenvalue weighted by Crippen LogP contribution is 2.33. The van der Waals surface area contributed by atoms with Crippen molar-refractivity contribution in [1.29, 1.82) is 0 Å². The van der Waals surface area contributed by atoms with Crippen molar-refractivity contribution < 1.29 is 18.6 Å². The minimum Gasteiger partial charge on any atom is -0.360 e. The molecule has 1 aromatic heterocycles. The first-order chi connectivity index (χ1) is 12.4. The third kappa shape index (κ3) is 3.27. The van der Waals surface area contributed by atoms with Crippen LogP contribution in [0.25, 0.3) is 11.3 Å². The highest BCUT2D eigenvalue weighted by molar-refractivity contribution is 6.33. The summed E-state index contributed by atoms with van der Waals surface area (Å²) in [6.07, 6.45) is 0. The molecule has 0 saturated carbocycles. The van der Waals surface area contributed by atoms with Crippen LogP contribution in [-0.4, -0.2) is 16.0 Å². The molecule has 1 heterocycles. The number of amides is 1. The predicted molar refractivity (Wildman–Crippen MR) is 92.7 cm³/mol. The van der Waals surface area contributed by atoms with Gasteiger partial charge < -0.3 is 9.84 Å². The van der Waals surface area contributed by atoms with Gasteiger partial charge in [0.2, 0.25) is 0 Å². The molecular formula is C17H11ClFN3O4. The van der Waals surface area contributed by atoms with Crippen molar-refractivity contribution in [2.24, 2.45) is 0 Å². The van der Waals surface area contributed by atoms with Crippen LogP contribution in [0.2, 0.25) is 5.02 Å². The van der Waals surface area contributed by atoms with E-state index in [2.05, 4.69) is 10.5 Å². The Balaban J connectivity index is 2.00. The third-order valence-corrected chi connectivity index (χ3v) is 3.92. The number of anilines is 1. The molecule has 3 aromatic rings. The monoisotopic (exact) mass is 375 g/mol. The van der Waals surface area contributed by atoms with Gasteiger partial charge in [-0.1, -0.05) is 28.9 Å². The summed E-state index contributed by atoms with van der Waals surface area (Å²) in [5, 5.41) is 17.2. The Morgan fingerprint density at radius 3 is 2.73 bits per heavy atom. The molecule has 0 radical (unpaired) electrons.